The summed E-state index contributed by atoms with van der Waals surface area (Å²) >= 11 is 0. The second-order valence-corrected chi connectivity index (χ2v) is 5.65. The Morgan fingerprint density at radius 3 is 2.45 bits per heavy atom. The highest BCUT2D eigenvalue weighted by molar-refractivity contribution is 5.49. The van der Waals surface area contributed by atoms with E-state index in [9.17, 15) is 0 Å². The number of aromatic nitrogens is 1. The summed E-state index contributed by atoms with van der Waals surface area (Å²) in [5.74, 6) is 1.80. The molecule has 1 aromatic rings. The van der Waals surface area contributed by atoms with Crippen LogP contribution in [0.2, 0.25) is 0 Å². The van der Waals surface area contributed by atoms with Gasteiger partial charge in [0.1, 0.15) is 5.82 Å². The molecule has 0 aliphatic carbocycles. The zero-order chi connectivity index (χ0) is 15.0. The van der Waals surface area contributed by atoms with Crippen molar-refractivity contribution >= 4 is 5.82 Å². The van der Waals surface area contributed by atoms with Crippen LogP contribution in [0.5, 0.6) is 0 Å². The molecule has 0 aliphatic rings. The van der Waals surface area contributed by atoms with Gasteiger partial charge < -0.3 is 10.6 Å². The van der Waals surface area contributed by atoms with Gasteiger partial charge in [-0.2, -0.15) is 0 Å². The lowest BCUT2D eigenvalue weighted by atomic mass is 10.0. The van der Waals surface area contributed by atoms with Crippen molar-refractivity contribution in [1.82, 2.24) is 10.3 Å². The van der Waals surface area contributed by atoms with E-state index in [1.807, 2.05) is 0 Å². The third-order valence-electron chi connectivity index (χ3n) is 3.92. The molecule has 0 atom stereocenters. The average Bonchev–Trinajstić information content (AvgIpc) is 2.42. The molecule has 114 valence electrons. The third-order valence-corrected chi connectivity index (χ3v) is 3.92. The number of nitrogens with zero attached hydrogens (tertiary/aromatic N) is 1. The smallest absolute Gasteiger partial charge is 0.131 e. The molecule has 0 saturated heterocycles. The highest BCUT2D eigenvalue weighted by Crippen LogP contribution is 2.20. The summed E-state index contributed by atoms with van der Waals surface area (Å²) in [6.45, 7) is 13.9. The second-order valence-electron chi connectivity index (χ2n) is 5.65. The summed E-state index contributed by atoms with van der Waals surface area (Å²) in [6.07, 6.45) is 3.60. The molecule has 0 fully saturated rings. The maximum atomic E-state index is 4.70. The molecule has 0 saturated carbocycles. The van der Waals surface area contributed by atoms with Crippen molar-refractivity contribution in [3.8, 4) is 0 Å². The van der Waals surface area contributed by atoms with Crippen molar-refractivity contribution in [2.45, 2.75) is 60.4 Å². The fourth-order valence-corrected chi connectivity index (χ4v) is 2.44. The van der Waals surface area contributed by atoms with Crippen molar-refractivity contribution in [3.63, 3.8) is 0 Å². The quantitative estimate of drug-likeness (QED) is 0.669. The lowest BCUT2D eigenvalue weighted by Gasteiger charge is -2.18. The Kier molecular flexibility index (Phi) is 7.60. The Balaban J connectivity index is 2.80. The Morgan fingerprint density at radius 2 is 1.85 bits per heavy atom. The van der Waals surface area contributed by atoms with Crippen LogP contribution in [-0.2, 0) is 6.54 Å². The molecule has 0 unspecified atom stereocenters. The van der Waals surface area contributed by atoms with E-state index in [1.54, 1.807) is 0 Å². The predicted octanol–water partition coefficient (Wildman–Crippen LogP) is 4.05. The van der Waals surface area contributed by atoms with Gasteiger partial charge in [0.15, 0.2) is 0 Å². The summed E-state index contributed by atoms with van der Waals surface area (Å²) in [5, 5.41) is 7.06. The Labute approximate surface area is 124 Å². The van der Waals surface area contributed by atoms with Gasteiger partial charge in [0.2, 0.25) is 0 Å². The largest absolute Gasteiger partial charge is 0.370 e. The van der Waals surface area contributed by atoms with E-state index in [0.29, 0.717) is 0 Å². The summed E-state index contributed by atoms with van der Waals surface area (Å²) in [4.78, 5) is 4.70. The highest BCUT2D eigenvalue weighted by Gasteiger charge is 2.10. The van der Waals surface area contributed by atoms with Crippen molar-refractivity contribution in [3.05, 3.63) is 22.9 Å². The van der Waals surface area contributed by atoms with E-state index >= 15 is 0 Å². The van der Waals surface area contributed by atoms with Gasteiger partial charge in [0.05, 0.1) is 0 Å². The number of aryl methyl sites for hydroxylation is 2. The molecule has 1 rings (SSSR count). The topological polar surface area (TPSA) is 37.0 Å². The molecule has 3 heteroatoms. The van der Waals surface area contributed by atoms with Gasteiger partial charge in [-0.3, -0.25) is 0 Å². The van der Waals surface area contributed by atoms with E-state index in [4.69, 9.17) is 4.98 Å². The zero-order valence-electron chi connectivity index (χ0n) is 13.8. The molecule has 0 radical (unpaired) electrons. The molecule has 0 aromatic carbocycles. The molecule has 1 heterocycles. The van der Waals surface area contributed by atoms with Gasteiger partial charge in [-0.25, -0.2) is 4.98 Å². The lowest BCUT2D eigenvalue weighted by Crippen LogP contribution is -2.20. The number of pyridine rings is 1. The Bertz CT molecular complexity index is 397. The average molecular weight is 277 g/mol. The monoisotopic (exact) mass is 277 g/mol. The molecule has 0 aliphatic heterocycles. The first-order valence-corrected chi connectivity index (χ1v) is 8.03. The van der Waals surface area contributed by atoms with E-state index in [1.165, 1.54) is 24.0 Å². The summed E-state index contributed by atoms with van der Waals surface area (Å²) in [5.41, 5.74) is 3.73. The molecule has 3 nitrogen and oxygen atoms in total. The number of rotatable bonds is 9. The van der Waals surface area contributed by atoms with Gasteiger partial charge in [-0.05, 0) is 44.4 Å². The van der Waals surface area contributed by atoms with Crippen LogP contribution in [0.25, 0.3) is 0 Å². The van der Waals surface area contributed by atoms with Crippen LogP contribution in [-0.4, -0.2) is 18.1 Å². The van der Waals surface area contributed by atoms with Gasteiger partial charge in [-0.15, -0.1) is 0 Å². The molecule has 0 spiro atoms. The fourth-order valence-electron chi connectivity index (χ4n) is 2.44. The Hall–Kier alpha value is -1.09. The first-order chi connectivity index (χ1) is 9.62. The predicted molar refractivity (Wildman–Crippen MR) is 88.3 cm³/mol. The minimum absolute atomic E-state index is 0.731. The fraction of sp³-hybridized carbons (Fsp3) is 0.706. The maximum Gasteiger partial charge on any atom is 0.131 e. The molecule has 1 aromatic heterocycles. The van der Waals surface area contributed by atoms with Gasteiger partial charge in [0, 0.05) is 24.3 Å². The van der Waals surface area contributed by atoms with Crippen LogP contribution in [0.3, 0.4) is 0 Å². The van der Waals surface area contributed by atoms with Crippen LogP contribution >= 0.6 is 0 Å². The number of anilines is 1. The molecule has 0 amide bonds. The Morgan fingerprint density at radius 1 is 1.15 bits per heavy atom. The highest BCUT2D eigenvalue weighted by atomic mass is 15.0. The second kappa shape index (κ2) is 8.96. The molecule has 0 bridgehead atoms. The molecular formula is C17H31N3. The van der Waals surface area contributed by atoms with Crippen LogP contribution in [0.1, 0.15) is 56.9 Å². The van der Waals surface area contributed by atoms with Crippen LogP contribution in [0, 0.1) is 19.8 Å². The van der Waals surface area contributed by atoms with Crippen LogP contribution < -0.4 is 10.6 Å². The normalized spacial score (nSPS) is 11.1. The lowest BCUT2D eigenvalue weighted by molar-refractivity contribution is 0.518. The summed E-state index contributed by atoms with van der Waals surface area (Å²) in [6, 6.07) is 2.17. The maximum absolute atomic E-state index is 4.70. The first-order valence-electron chi connectivity index (χ1n) is 8.03. The van der Waals surface area contributed by atoms with Crippen molar-refractivity contribution in [1.29, 1.82) is 0 Å². The van der Waals surface area contributed by atoms with Crippen molar-refractivity contribution in [2.24, 2.45) is 5.92 Å². The summed E-state index contributed by atoms with van der Waals surface area (Å²) < 4.78 is 0. The van der Waals surface area contributed by atoms with Gasteiger partial charge in [0.25, 0.3) is 0 Å². The number of nitrogens with one attached hydrogen (secondary N) is 2. The summed E-state index contributed by atoms with van der Waals surface area (Å²) in [7, 11) is 0. The number of hydrogen-bond acceptors (Lipinski definition) is 3. The standard InChI is InChI=1S/C17H31N3/c1-6-9-18-12-16-13(4)10-14(5)20-17(16)19-11-15(7-2)8-3/h10,15,18H,6-9,11-12H2,1-5H3,(H,19,20). The minimum Gasteiger partial charge on any atom is -0.370 e. The van der Waals surface area contributed by atoms with Crippen molar-refractivity contribution < 1.29 is 0 Å². The first kappa shape index (κ1) is 17.0. The van der Waals surface area contributed by atoms with Crippen LogP contribution in [0.4, 0.5) is 5.82 Å². The number of hydrogen-bond donors (Lipinski definition) is 2. The minimum atomic E-state index is 0.731. The molecular weight excluding hydrogens is 246 g/mol. The van der Waals surface area contributed by atoms with E-state index in [2.05, 4.69) is 51.3 Å². The van der Waals surface area contributed by atoms with E-state index in [-0.39, 0.29) is 0 Å². The van der Waals surface area contributed by atoms with Crippen molar-refractivity contribution in [2.75, 3.05) is 18.4 Å². The van der Waals surface area contributed by atoms with Gasteiger partial charge >= 0.3 is 0 Å². The zero-order valence-corrected chi connectivity index (χ0v) is 13.8. The van der Waals surface area contributed by atoms with E-state index in [0.717, 1.165) is 43.5 Å². The van der Waals surface area contributed by atoms with Gasteiger partial charge in [-0.1, -0.05) is 33.6 Å². The third kappa shape index (κ3) is 5.12. The van der Waals surface area contributed by atoms with E-state index < -0.39 is 0 Å². The SMILES string of the molecule is CCCNCc1c(C)cc(C)nc1NCC(CC)CC. The molecule has 20 heavy (non-hydrogen) atoms. The van der Waals surface area contributed by atoms with Crippen LogP contribution in [0.15, 0.2) is 6.07 Å². The molecule has 2 N–H and O–H groups in total.